The first-order valence-corrected chi connectivity index (χ1v) is 4.81. The van der Waals surface area contributed by atoms with Crippen LogP contribution in [0.4, 0.5) is 0 Å². The molecule has 0 spiro atoms. The Morgan fingerprint density at radius 2 is 2.38 bits per heavy atom. The number of nitrogens with one attached hydrogen (secondary N) is 1. The van der Waals surface area contributed by atoms with E-state index in [1.807, 2.05) is 6.92 Å². The fourth-order valence-electron chi connectivity index (χ4n) is 1.59. The highest BCUT2D eigenvalue weighted by Crippen LogP contribution is 2.44. The van der Waals surface area contributed by atoms with Gasteiger partial charge in [-0.15, -0.1) is 0 Å². The van der Waals surface area contributed by atoms with Crippen molar-refractivity contribution in [3.63, 3.8) is 0 Å². The maximum absolute atomic E-state index is 11.2. The number of hydrogen-bond donors (Lipinski definition) is 1. The molecule has 2 atom stereocenters. The average Bonchev–Trinajstić information content (AvgIpc) is 2.81. The number of aromatic nitrogens is 2. The van der Waals surface area contributed by atoms with Crippen LogP contribution < -0.4 is 5.56 Å². The quantitative estimate of drug-likeness (QED) is 0.745. The molecule has 0 aliphatic heterocycles. The first-order valence-electron chi connectivity index (χ1n) is 4.81. The zero-order valence-corrected chi connectivity index (χ0v) is 8.00. The fraction of sp³-hybridized carbons (Fsp3) is 0.600. The molecular weight excluding hydrogens is 164 g/mol. The lowest BCUT2D eigenvalue weighted by atomic mass is 10.3. The molecule has 1 saturated carbocycles. The zero-order valence-electron chi connectivity index (χ0n) is 8.00. The second-order valence-corrected chi connectivity index (χ2v) is 3.80. The third kappa shape index (κ3) is 1.64. The summed E-state index contributed by atoms with van der Waals surface area (Å²) in [6.45, 7) is 4.20. The lowest BCUT2D eigenvalue weighted by molar-refractivity contribution is 0.811. The normalized spacial score (nSPS) is 26.0. The monoisotopic (exact) mass is 178 g/mol. The Balaban J connectivity index is 2.35. The summed E-state index contributed by atoms with van der Waals surface area (Å²) in [6, 6.07) is 1.58. The minimum Gasteiger partial charge on any atom is -0.310 e. The van der Waals surface area contributed by atoms with Crippen molar-refractivity contribution in [2.45, 2.75) is 32.6 Å². The van der Waals surface area contributed by atoms with E-state index >= 15 is 0 Å². The highest BCUT2D eigenvalue weighted by Gasteiger charge is 2.36. The Labute approximate surface area is 77.2 Å². The molecular formula is C10H14N2O. The highest BCUT2D eigenvalue weighted by molar-refractivity contribution is 5.12. The van der Waals surface area contributed by atoms with Crippen LogP contribution in [-0.4, -0.2) is 9.97 Å². The summed E-state index contributed by atoms with van der Waals surface area (Å²) in [4.78, 5) is 18.4. The molecule has 2 rings (SSSR count). The van der Waals surface area contributed by atoms with Gasteiger partial charge in [0.25, 0.3) is 5.56 Å². The molecule has 3 nitrogen and oxygen atoms in total. The Kier molecular flexibility index (Phi) is 1.94. The second-order valence-electron chi connectivity index (χ2n) is 3.80. The van der Waals surface area contributed by atoms with Gasteiger partial charge in [-0.1, -0.05) is 13.8 Å². The molecule has 13 heavy (non-hydrogen) atoms. The summed E-state index contributed by atoms with van der Waals surface area (Å²) >= 11 is 0. The zero-order chi connectivity index (χ0) is 9.42. The third-order valence-electron chi connectivity index (χ3n) is 2.64. The van der Waals surface area contributed by atoms with Gasteiger partial charge in [-0.2, -0.15) is 0 Å². The minimum absolute atomic E-state index is 0.0130. The van der Waals surface area contributed by atoms with E-state index in [1.54, 1.807) is 6.07 Å². The minimum atomic E-state index is -0.0130. The van der Waals surface area contributed by atoms with Gasteiger partial charge in [-0.3, -0.25) is 4.79 Å². The first kappa shape index (κ1) is 8.48. The van der Waals surface area contributed by atoms with Crippen molar-refractivity contribution in [2.24, 2.45) is 5.92 Å². The van der Waals surface area contributed by atoms with Crippen LogP contribution in [-0.2, 0) is 6.42 Å². The van der Waals surface area contributed by atoms with Crippen molar-refractivity contribution in [3.8, 4) is 0 Å². The van der Waals surface area contributed by atoms with E-state index in [2.05, 4.69) is 16.9 Å². The van der Waals surface area contributed by atoms with Crippen LogP contribution in [0, 0.1) is 5.92 Å². The number of nitrogens with zero attached hydrogens (tertiary/aromatic N) is 1. The van der Waals surface area contributed by atoms with Crippen LogP contribution in [0.3, 0.4) is 0 Å². The summed E-state index contributed by atoms with van der Waals surface area (Å²) in [5.74, 6) is 2.08. The van der Waals surface area contributed by atoms with Crippen molar-refractivity contribution in [1.82, 2.24) is 9.97 Å². The summed E-state index contributed by atoms with van der Waals surface area (Å²) in [6.07, 6.45) is 1.99. The molecule has 0 bridgehead atoms. The van der Waals surface area contributed by atoms with E-state index in [1.165, 1.54) is 0 Å². The summed E-state index contributed by atoms with van der Waals surface area (Å²) in [5.41, 5.74) is 0.888. The van der Waals surface area contributed by atoms with Crippen molar-refractivity contribution in [2.75, 3.05) is 0 Å². The van der Waals surface area contributed by atoms with Crippen molar-refractivity contribution >= 4 is 0 Å². The molecule has 3 heteroatoms. The number of aromatic amines is 1. The van der Waals surface area contributed by atoms with Gasteiger partial charge in [0.2, 0.25) is 0 Å². The molecule has 1 N–H and O–H groups in total. The Hall–Kier alpha value is -1.12. The van der Waals surface area contributed by atoms with Crippen LogP contribution in [0.2, 0.25) is 0 Å². The molecule has 1 aliphatic carbocycles. The standard InChI is InChI=1S/C10H14N2O/c1-3-7-5-9(13)12-10(11-7)8-4-6(8)2/h5-6,8H,3-4H2,1-2H3,(H,11,12,13). The predicted octanol–water partition coefficient (Wildman–Crippen LogP) is 1.46. The van der Waals surface area contributed by atoms with Crippen LogP contribution >= 0.6 is 0 Å². The van der Waals surface area contributed by atoms with Gasteiger partial charge in [0.15, 0.2) is 0 Å². The van der Waals surface area contributed by atoms with Gasteiger partial charge in [-0.05, 0) is 18.8 Å². The topological polar surface area (TPSA) is 45.8 Å². The number of hydrogen-bond acceptors (Lipinski definition) is 2. The largest absolute Gasteiger partial charge is 0.310 e. The smallest absolute Gasteiger partial charge is 0.251 e. The third-order valence-corrected chi connectivity index (χ3v) is 2.64. The number of aryl methyl sites for hydroxylation is 1. The Morgan fingerprint density at radius 1 is 1.69 bits per heavy atom. The summed E-state index contributed by atoms with van der Waals surface area (Å²) in [7, 11) is 0. The molecule has 1 aromatic heterocycles. The molecule has 1 fully saturated rings. The van der Waals surface area contributed by atoms with Crippen molar-refractivity contribution < 1.29 is 0 Å². The van der Waals surface area contributed by atoms with E-state index in [0.29, 0.717) is 11.8 Å². The average molecular weight is 178 g/mol. The second kappa shape index (κ2) is 2.98. The van der Waals surface area contributed by atoms with Gasteiger partial charge in [-0.25, -0.2) is 4.98 Å². The van der Waals surface area contributed by atoms with E-state index in [-0.39, 0.29) is 5.56 Å². The van der Waals surface area contributed by atoms with Gasteiger partial charge >= 0.3 is 0 Å². The van der Waals surface area contributed by atoms with Crippen LogP contribution in [0.15, 0.2) is 10.9 Å². The fourth-order valence-corrected chi connectivity index (χ4v) is 1.59. The maximum atomic E-state index is 11.2. The molecule has 2 unspecified atom stereocenters. The number of H-pyrrole nitrogens is 1. The molecule has 1 aliphatic rings. The van der Waals surface area contributed by atoms with Crippen LogP contribution in [0.5, 0.6) is 0 Å². The predicted molar refractivity (Wildman–Crippen MR) is 50.8 cm³/mol. The number of rotatable bonds is 2. The highest BCUT2D eigenvalue weighted by atomic mass is 16.1. The van der Waals surface area contributed by atoms with Crippen LogP contribution in [0.25, 0.3) is 0 Å². The Morgan fingerprint density at radius 3 is 2.92 bits per heavy atom. The van der Waals surface area contributed by atoms with Gasteiger partial charge in [0, 0.05) is 17.7 Å². The molecule has 0 radical (unpaired) electrons. The van der Waals surface area contributed by atoms with E-state index in [0.717, 1.165) is 24.4 Å². The lowest BCUT2D eigenvalue weighted by Crippen LogP contribution is -2.12. The lowest BCUT2D eigenvalue weighted by Gasteiger charge is -2.00. The molecule has 0 saturated heterocycles. The Bertz CT molecular complexity index is 369. The van der Waals surface area contributed by atoms with Crippen molar-refractivity contribution in [3.05, 3.63) is 27.9 Å². The van der Waals surface area contributed by atoms with E-state index in [9.17, 15) is 4.79 Å². The molecule has 70 valence electrons. The van der Waals surface area contributed by atoms with Crippen molar-refractivity contribution in [1.29, 1.82) is 0 Å². The molecule has 1 heterocycles. The molecule has 0 amide bonds. The van der Waals surface area contributed by atoms with E-state index in [4.69, 9.17) is 0 Å². The van der Waals surface area contributed by atoms with Crippen LogP contribution in [0.1, 0.15) is 37.7 Å². The van der Waals surface area contributed by atoms with Gasteiger partial charge < -0.3 is 4.98 Å². The van der Waals surface area contributed by atoms with Gasteiger partial charge in [0.05, 0.1) is 0 Å². The maximum Gasteiger partial charge on any atom is 0.251 e. The van der Waals surface area contributed by atoms with Gasteiger partial charge in [0.1, 0.15) is 5.82 Å². The summed E-state index contributed by atoms with van der Waals surface area (Å²) in [5, 5.41) is 0. The molecule has 1 aromatic rings. The first-order chi connectivity index (χ1) is 6.20. The summed E-state index contributed by atoms with van der Waals surface area (Å²) < 4.78 is 0. The van der Waals surface area contributed by atoms with E-state index < -0.39 is 0 Å². The molecule has 0 aromatic carbocycles. The SMILES string of the molecule is CCc1cc(=O)[nH]c(C2CC2C)n1.